The molecule has 1 aromatic rings. The van der Waals surface area contributed by atoms with Crippen molar-refractivity contribution in [1.82, 2.24) is 15.0 Å². The SMILES string of the molecule is Cc1cc(NC(=O)CN2CCN(C(=O)C(C)N)CC2)no1.Cl. The number of carbonyl (C=O) groups is 2. The zero-order chi connectivity index (χ0) is 15.4. The van der Waals surface area contributed by atoms with Crippen molar-refractivity contribution >= 4 is 30.0 Å². The zero-order valence-corrected chi connectivity index (χ0v) is 13.6. The fourth-order valence-corrected chi connectivity index (χ4v) is 2.23. The van der Waals surface area contributed by atoms with Crippen LogP contribution in [0, 0.1) is 6.92 Å². The summed E-state index contributed by atoms with van der Waals surface area (Å²) >= 11 is 0. The van der Waals surface area contributed by atoms with Gasteiger partial charge in [-0.1, -0.05) is 5.16 Å². The molecular formula is C13H22ClN5O3. The first-order valence-electron chi connectivity index (χ1n) is 6.95. The average molecular weight is 332 g/mol. The molecule has 3 N–H and O–H groups in total. The van der Waals surface area contributed by atoms with Crippen molar-refractivity contribution in [2.24, 2.45) is 5.73 Å². The summed E-state index contributed by atoms with van der Waals surface area (Å²) in [7, 11) is 0. The first-order valence-corrected chi connectivity index (χ1v) is 6.95. The van der Waals surface area contributed by atoms with Crippen LogP contribution in [0.5, 0.6) is 0 Å². The van der Waals surface area contributed by atoms with Gasteiger partial charge in [-0.3, -0.25) is 14.5 Å². The van der Waals surface area contributed by atoms with Gasteiger partial charge in [0.05, 0.1) is 12.6 Å². The molecule has 22 heavy (non-hydrogen) atoms. The fourth-order valence-electron chi connectivity index (χ4n) is 2.23. The lowest BCUT2D eigenvalue weighted by atomic mass is 10.2. The van der Waals surface area contributed by atoms with Crippen LogP contribution in [-0.2, 0) is 9.59 Å². The third-order valence-electron chi connectivity index (χ3n) is 3.34. The van der Waals surface area contributed by atoms with E-state index in [0.29, 0.717) is 37.8 Å². The summed E-state index contributed by atoms with van der Waals surface area (Å²) in [6.07, 6.45) is 0. The topological polar surface area (TPSA) is 105 Å². The molecule has 1 atom stereocenters. The summed E-state index contributed by atoms with van der Waals surface area (Å²) in [6.45, 7) is 6.21. The van der Waals surface area contributed by atoms with Gasteiger partial charge in [0.15, 0.2) is 5.82 Å². The Morgan fingerprint density at radius 2 is 2.05 bits per heavy atom. The van der Waals surface area contributed by atoms with E-state index in [-0.39, 0.29) is 30.8 Å². The number of nitrogens with zero attached hydrogens (tertiary/aromatic N) is 3. The summed E-state index contributed by atoms with van der Waals surface area (Å²) < 4.78 is 4.88. The fraction of sp³-hybridized carbons (Fsp3) is 0.615. The predicted octanol–water partition coefficient (Wildman–Crippen LogP) is -0.165. The molecular weight excluding hydrogens is 310 g/mol. The molecule has 2 rings (SSSR count). The van der Waals surface area contributed by atoms with Crippen molar-refractivity contribution in [1.29, 1.82) is 0 Å². The van der Waals surface area contributed by atoms with Gasteiger partial charge in [-0.05, 0) is 13.8 Å². The molecule has 1 fully saturated rings. The van der Waals surface area contributed by atoms with Crippen LogP contribution in [0.1, 0.15) is 12.7 Å². The van der Waals surface area contributed by atoms with Gasteiger partial charge in [-0.15, -0.1) is 12.4 Å². The van der Waals surface area contributed by atoms with Crippen LogP contribution in [0.2, 0.25) is 0 Å². The Morgan fingerprint density at radius 3 is 2.55 bits per heavy atom. The first kappa shape index (κ1) is 18.4. The van der Waals surface area contributed by atoms with Crippen LogP contribution < -0.4 is 11.1 Å². The number of nitrogens with one attached hydrogen (secondary N) is 1. The lowest BCUT2D eigenvalue weighted by molar-refractivity contribution is -0.134. The molecule has 9 heteroatoms. The number of hydrogen-bond acceptors (Lipinski definition) is 6. The van der Waals surface area contributed by atoms with E-state index in [1.165, 1.54) is 0 Å². The van der Waals surface area contributed by atoms with Gasteiger partial charge < -0.3 is 20.5 Å². The average Bonchev–Trinajstić information content (AvgIpc) is 2.83. The number of aryl methyl sites for hydroxylation is 1. The smallest absolute Gasteiger partial charge is 0.239 e. The largest absolute Gasteiger partial charge is 0.360 e. The minimum atomic E-state index is -0.477. The maximum atomic E-state index is 11.9. The number of nitrogens with two attached hydrogens (primary N) is 1. The monoisotopic (exact) mass is 331 g/mol. The lowest BCUT2D eigenvalue weighted by Gasteiger charge is -2.35. The molecule has 8 nitrogen and oxygen atoms in total. The summed E-state index contributed by atoms with van der Waals surface area (Å²) in [5, 5.41) is 6.39. The van der Waals surface area contributed by atoms with Crippen molar-refractivity contribution in [3.8, 4) is 0 Å². The van der Waals surface area contributed by atoms with Gasteiger partial charge in [-0.25, -0.2) is 0 Å². The van der Waals surface area contributed by atoms with Gasteiger partial charge >= 0.3 is 0 Å². The first-order chi connectivity index (χ1) is 9.95. The molecule has 0 aromatic carbocycles. The number of aromatic nitrogens is 1. The van der Waals surface area contributed by atoms with Crippen molar-refractivity contribution in [2.45, 2.75) is 19.9 Å². The van der Waals surface area contributed by atoms with Gasteiger partial charge in [0.2, 0.25) is 11.8 Å². The minimum Gasteiger partial charge on any atom is -0.360 e. The van der Waals surface area contributed by atoms with Crippen LogP contribution in [-0.4, -0.2) is 65.5 Å². The van der Waals surface area contributed by atoms with Crippen molar-refractivity contribution in [3.63, 3.8) is 0 Å². The second kappa shape index (κ2) is 8.11. The summed E-state index contributed by atoms with van der Waals surface area (Å²) in [5.41, 5.74) is 5.59. The quantitative estimate of drug-likeness (QED) is 0.794. The molecule has 1 aromatic heterocycles. The second-order valence-electron chi connectivity index (χ2n) is 5.26. The number of piperazine rings is 1. The highest BCUT2D eigenvalue weighted by molar-refractivity contribution is 5.91. The standard InChI is InChI=1S/C13H21N5O3.ClH/c1-9-7-11(16-21-9)15-12(19)8-17-3-5-18(6-4-17)13(20)10(2)14;/h7,10H,3-6,8,14H2,1-2H3,(H,15,16,19);1H. The third-order valence-corrected chi connectivity index (χ3v) is 3.34. The van der Waals surface area contributed by atoms with Crippen LogP contribution in [0.15, 0.2) is 10.6 Å². The number of hydrogen-bond donors (Lipinski definition) is 2. The van der Waals surface area contributed by atoms with Crippen molar-refractivity contribution in [2.75, 3.05) is 38.0 Å². The molecule has 0 radical (unpaired) electrons. The Kier molecular flexibility index (Phi) is 6.79. The number of carbonyl (C=O) groups excluding carboxylic acids is 2. The molecule has 0 bridgehead atoms. The maximum Gasteiger partial charge on any atom is 0.239 e. The molecule has 1 unspecified atom stereocenters. The number of halogens is 1. The molecule has 124 valence electrons. The molecule has 0 aliphatic carbocycles. The summed E-state index contributed by atoms with van der Waals surface area (Å²) in [4.78, 5) is 27.4. The minimum absolute atomic E-state index is 0. The Morgan fingerprint density at radius 1 is 1.41 bits per heavy atom. The lowest BCUT2D eigenvalue weighted by Crippen LogP contribution is -2.53. The number of rotatable bonds is 4. The molecule has 2 heterocycles. The van der Waals surface area contributed by atoms with Crippen molar-refractivity contribution in [3.05, 3.63) is 11.8 Å². The van der Waals surface area contributed by atoms with E-state index < -0.39 is 6.04 Å². The van der Waals surface area contributed by atoms with Gasteiger partial charge in [0.1, 0.15) is 5.76 Å². The molecule has 1 aliphatic heterocycles. The Hall–Kier alpha value is -1.64. The highest BCUT2D eigenvalue weighted by Gasteiger charge is 2.24. The summed E-state index contributed by atoms with van der Waals surface area (Å²) in [5.74, 6) is 0.879. The molecule has 0 saturated carbocycles. The highest BCUT2D eigenvalue weighted by atomic mass is 35.5. The van der Waals surface area contributed by atoms with Crippen LogP contribution in [0.3, 0.4) is 0 Å². The van der Waals surface area contributed by atoms with E-state index in [0.717, 1.165) is 0 Å². The van der Waals surface area contributed by atoms with Gasteiger partial charge in [0.25, 0.3) is 0 Å². The third kappa shape index (κ3) is 4.97. The Balaban J connectivity index is 0.00000242. The molecule has 2 amide bonds. The van der Waals surface area contributed by atoms with E-state index in [2.05, 4.69) is 10.5 Å². The van der Waals surface area contributed by atoms with Crippen LogP contribution in [0.25, 0.3) is 0 Å². The van der Waals surface area contributed by atoms with E-state index >= 15 is 0 Å². The second-order valence-corrected chi connectivity index (χ2v) is 5.26. The van der Waals surface area contributed by atoms with E-state index in [9.17, 15) is 9.59 Å². The summed E-state index contributed by atoms with van der Waals surface area (Å²) in [6, 6.07) is 1.19. The highest BCUT2D eigenvalue weighted by Crippen LogP contribution is 2.08. The molecule has 0 spiro atoms. The van der Waals surface area contributed by atoms with E-state index in [1.807, 2.05) is 4.90 Å². The molecule has 1 aliphatic rings. The maximum absolute atomic E-state index is 11.9. The number of anilines is 1. The van der Waals surface area contributed by atoms with Gasteiger partial charge in [-0.2, -0.15) is 0 Å². The zero-order valence-electron chi connectivity index (χ0n) is 12.7. The van der Waals surface area contributed by atoms with E-state index in [4.69, 9.17) is 10.3 Å². The predicted molar refractivity (Wildman–Crippen MR) is 83.8 cm³/mol. The normalized spacial score (nSPS) is 16.8. The van der Waals surface area contributed by atoms with E-state index in [1.54, 1.807) is 24.8 Å². The van der Waals surface area contributed by atoms with Crippen LogP contribution in [0.4, 0.5) is 5.82 Å². The number of amides is 2. The van der Waals surface area contributed by atoms with Crippen LogP contribution >= 0.6 is 12.4 Å². The Bertz CT molecular complexity index is 512. The molecule has 1 saturated heterocycles. The Labute approximate surface area is 135 Å². The van der Waals surface area contributed by atoms with Gasteiger partial charge in [0, 0.05) is 32.2 Å². The van der Waals surface area contributed by atoms with Crippen molar-refractivity contribution < 1.29 is 14.1 Å².